The van der Waals surface area contributed by atoms with Gasteiger partial charge in [0.2, 0.25) is 5.91 Å². The summed E-state index contributed by atoms with van der Waals surface area (Å²) in [5, 5.41) is 6.27. The van der Waals surface area contributed by atoms with Gasteiger partial charge < -0.3 is 10.6 Å². The highest BCUT2D eigenvalue weighted by Crippen LogP contribution is 2.51. The molecule has 0 heterocycles. The van der Waals surface area contributed by atoms with Crippen LogP contribution in [0.15, 0.2) is 24.3 Å². The van der Waals surface area contributed by atoms with Gasteiger partial charge in [0, 0.05) is 22.2 Å². The number of carbonyl (C=O) groups is 1. The number of benzene rings is 1. The first-order valence-electron chi connectivity index (χ1n) is 6.24. The van der Waals surface area contributed by atoms with E-state index in [0.29, 0.717) is 10.9 Å². The molecule has 0 radical (unpaired) electrons. The van der Waals surface area contributed by atoms with E-state index in [1.807, 2.05) is 31.2 Å². The summed E-state index contributed by atoms with van der Waals surface area (Å²) in [7, 11) is 0. The van der Waals surface area contributed by atoms with Gasteiger partial charge in [0.1, 0.15) is 0 Å². The standard InChI is InChI=1S/C14H19BrN2O/c1-9(2)16-10-4-6-11(7-5-10)17-13(18)14(3)8-12(14)15/h4-7,9,12,16H,8H2,1-3H3,(H,17,18). The van der Waals surface area contributed by atoms with E-state index in [0.717, 1.165) is 17.8 Å². The minimum atomic E-state index is -0.241. The maximum Gasteiger partial charge on any atom is 0.231 e. The molecule has 0 spiro atoms. The van der Waals surface area contributed by atoms with E-state index in [4.69, 9.17) is 0 Å². The highest BCUT2D eigenvalue weighted by Gasteiger charge is 2.54. The number of hydrogen-bond donors (Lipinski definition) is 2. The van der Waals surface area contributed by atoms with Crippen LogP contribution in [0, 0.1) is 5.41 Å². The van der Waals surface area contributed by atoms with E-state index in [2.05, 4.69) is 40.4 Å². The highest BCUT2D eigenvalue weighted by atomic mass is 79.9. The van der Waals surface area contributed by atoms with Crippen molar-refractivity contribution in [2.45, 2.75) is 38.1 Å². The number of alkyl halides is 1. The molecule has 0 bridgehead atoms. The van der Waals surface area contributed by atoms with Crippen molar-refractivity contribution < 1.29 is 4.79 Å². The van der Waals surface area contributed by atoms with Gasteiger partial charge >= 0.3 is 0 Å². The van der Waals surface area contributed by atoms with Gasteiger partial charge in [0.05, 0.1) is 5.41 Å². The minimum Gasteiger partial charge on any atom is -0.383 e. The molecule has 98 valence electrons. The fourth-order valence-corrected chi connectivity index (χ4v) is 2.69. The van der Waals surface area contributed by atoms with E-state index < -0.39 is 0 Å². The Bertz CT molecular complexity index is 444. The van der Waals surface area contributed by atoms with Crippen molar-refractivity contribution in [3.8, 4) is 0 Å². The zero-order chi connectivity index (χ0) is 13.3. The zero-order valence-electron chi connectivity index (χ0n) is 11.0. The summed E-state index contributed by atoms with van der Waals surface area (Å²) in [4.78, 5) is 12.3. The van der Waals surface area contributed by atoms with Gasteiger partial charge in [-0.25, -0.2) is 0 Å². The van der Waals surface area contributed by atoms with Crippen molar-refractivity contribution in [1.29, 1.82) is 0 Å². The summed E-state index contributed by atoms with van der Waals surface area (Å²) in [6, 6.07) is 8.23. The normalized spacial score (nSPS) is 25.9. The Morgan fingerprint density at radius 1 is 1.33 bits per heavy atom. The maximum absolute atomic E-state index is 12.0. The van der Waals surface area contributed by atoms with Gasteiger partial charge in [-0.15, -0.1) is 0 Å². The van der Waals surface area contributed by atoms with Gasteiger partial charge in [0.15, 0.2) is 0 Å². The van der Waals surface area contributed by atoms with Crippen LogP contribution in [-0.4, -0.2) is 16.8 Å². The lowest BCUT2D eigenvalue weighted by Gasteiger charge is -2.13. The SMILES string of the molecule is CC(C)Nc1ccc(NC(=O)C2(C)CC2Br)cc1. The monoisotopic (exact) mass is 310 g/mol. The number of hydrogen-bond acceptors (Lipinski definition) is 2. The van der Waals surface area contributed by atoms with Crippen LogP contribution in [0.4, 0.5) is 11.4 Å². The molecule has 1 amide bonds. The summed E-state index contributed by atoms with van der Waals surface area (Å²) in [6.07, 6.45) is 0.909. The predicted molar refractivity (Wildman–Crippen MR) is 79.3 cm³/mol. The summed E-state index contributed by atoms with van der Waals surface area (Å²) in [5.74, 6) is 0.0916. The van der Waals surface area contributed by atoms with Crippen LogP contribution < -0.4 is 10.6 Å². The first-order valence-corrected chi connectivity index (χ1v) is 7.15. The van der Waals surface area contributed by atoms with Crippen molar-refractivity contribution in [1.82, 2.24) is 0 Å². The van der Waals surface area contributed by atoms with Gasteiger partial charge in [0.25, 0.3) is 0 Å². The van der Waals surface area contributed by atoms with Crippen molar-refractivity contribution >= 4 is 33.2 Å². The Hall–Kier alpha value is -1.03. The van der Waals surface area contributed by atoms with Crippen LogP contribution in [0.5, 0.6) is 0 Å². The van der Waals surface area contributed by atoms with Crippen LogP contribution in [0.1, 0.15) is 27.2 Å². The molecule has 1 saturated carbocycles. The Morgan fingerprint density at radius 3 is 2.28 bits per heavy atom. The lowest BCUT2D eigenvalue weighted by Crippen LogP contribution is -2.23. The van der Waals surface area contributed by atoms with Gasteiger partial charge in [-0.05, 0) is 51.5 Å². The molecule has 0 saturated heterocycles. The number of carbonyl (C=O) groups excluding carboxylic acids is 1. The highest BCUT2D eigenvalue weighted by molar-refractivity contribution is 9.09. The van der Waals surface area contributed by atoms with Crippen molar-refractivity contribution in [2.75, 3.05) is 10.6 Å². The summed E-state index contributed by atoms with van der Waals surface area (Å²) in [5.41, 5.74) is 1.68. The van der Waals surface area contributed by atoms with Crippen molar-refractivity contribution in [3.63, 3.8) is 0 Å². The zero-order valence-corrected chi connectivity index (χ0v) is 12.5. The molecule has 1 aromatic carbocycles. The van der Waals surface area contributed by atoms with Crippen LogP contribution in [0.2, 0.25) is 0 Å². The number of halogens is 1. The second-order valence-electron chi connectivity index (χ2n) is 5.42. The molecule has 1 fully saturated rings. The van der Waals surface area contributed by atoms with Crippen LogP contribution in [0.25, 0.3) is 0 Å². The molecule has 0 aliphatic heterocycles. The Labute approximate surface area is 116 Å². The van der Waals surface area contributed by atoms with Crippen LogP contribution in [0.3, 0.4) is 0 Å². The number of rotatable bonds is 4. The molecule has 2 atom stereocenters. The fourth-order valence-electron chi connectivity index (χ4n) is 1.81. The molecule has 2 N–H and O–H groups in total. The van der Waals surface area contributed by atoms with Gasteiger partial charge in [-0.1, -0.05) is 15.9 Å². The summed E-state index contributed by atoms with van der Waals surface area (Å²) in [6.45, 7) is 6.18. The molecular formula is C14H19BrN2O. The minimum absolute atomic E-state index is 0.0916. The average molecular weight is 311 g/mol. The molecule has 0 aromatic heterocycles. The third kappa shape index (κ3) is 2.86. The van der Waals surface area contributed by atoms with Gasteiger partial charge in [-0.2, -0.15) is 0 Å². The van der Waals surface area contributed by atoms with Crippen molar-refractivity contribution in [3.05, 3.63) is 24.3 Å². The van der Waals surface area contributed by atoms with E-state index in [1.165, 1.54) is 0 Å². The van der Waals surface area contributed by atoms with Crippen LogP contribution >= 0.6 is 15.9 Å². The Morgan fingerprint density at radius 2 is 1.83 bits per heavy atom. The molecule has 2 rings (SSSR count). The van der Waals surface area contributed by atoms with Crippen LogP contribution in [-0.2, 0) is 4.79 Å². The van der Waals surface area contributed by atoms with E-state index in [1.54, 1.807) is 0 Å². The van der Waals surface area contributed by atoms with E-state index in [9.17, 15) is 4.79 Å². The maximum atomic E-state index is 12.0. The molecule has 2 unspecified atom stereocenters. The second kappa shape index (κ2) is 4.92. The summed E-state index contributed by atoms with van der Waals surface area (Å²) < 4.78 is 0. The molecule has 1 aromatic rings. The predicted octanol–water partition coefficient (Wildman–Crippen LogP) is 3.62. The number of nitrogens with one attached hydrogen (secondary N) is 2. The first-order chi connectivity index (χ1) is 8.41. The molecule has 1 aliphatic rings. The smallest absolute Gasteiger partial charge is 0.231 e. The van der Waals surface area contributed by atoms with E-state index >= 15 is 0 Å². The number of amides is 1. The molecule has 18 heavy (non-hydrogen) atoms. The molecule has 1 aliphatic carbocycles. The lowest BCUT2D eigenvalue weighted by atomic mass is 10.1. The third-order valence-corrected chi connectivity index (χ3v) is 4.59. The largest absolute Gasteiger partial charge is 0.383 e. The second-order valence-corrected chi connectivity index (χ2v) is 6.52. The van der Waals surface area contributed by atoms with E-state index in [-0.39, 0.29) is 11.3 Å². The number of anilines is 2. The molecule has 4 heteroatoms. The molecule has 3 nitrogen and oxygen atoms in total. The summed E-state index contributed by atoms with van der Waals surface area (Å²) >= 11 is 3.49. The topological polar surface area (TPSA) is 41.1 Å². The third-order valence-electron chi connectivity index (χ3n) is 3.25. The van der Waals surface area contributed by atoms with Crippen molar-refractivity contribution in [2.24, 2.45) is 5.41 Å². The quantitative estimate of drug-likeness (QED) is 0.834. The average Bonchev–Trinajstić information content (AvgIpc) is 2.90. The molecular weight excluding hydrogens is 292 g/mol. The fraction of sp³-hybridized carbons (Fsp3) is 0.500. The lowest BCUT2D eigenvalue weighted by molar-refractivity contribution is -0.120. The Kier molecular flexibility index (Phi) is 3.66. The van der Waals surface area contributed by atoms with Gasteiger partial charge in [-0.3, -0.25) is 4.79 Å². The Balaban J connectivity index is 1.96. The first kappa shape index (κ1) is 13.4.